The Bertz CT molecular complexity index is 860. The lowest BCUT2D eigenvalue weighted by Gasteiger charge is -2.25. The average molecular weight is 364 g/mol. The van der Waals surface area contributed by atoms with Crippen LogP contribution < -0.4 is 0 Å². The normalized spacial score (nSPS) is 18.6. The number of hydrogen-bond donors (Lipinski definition) is 0. The molecule has 1 aliphatic rings. The minimum Gasteiger partial charge on any atom is -0.467 e. The maximum absolute atomic E-state index is 12.6. The van der Waals surface area contributed by atoms with Crippen LogP contribution in [0.1, 0.15) is 29.0 Å². The number of likely N-dealkylation sites (tertiary alicyclic amines) is 1. The largest absolute Gasteiger partial charge is 0.467 e. The molecule has 6 nitrogen and oxygen atoms in total. The first-order valence-electron chi connectivity index (χ1n) is 8.69. The van der Waals surface area contributed by atoms with Crippen molar-refractivity contribution >= 4 is 12.1 Å². The fraction of sp³-hybridized carbons (Fsp3) is 0.286. The van der Waals surface area contributed by atoms with E-state index in [4.69, 9.17) is 14.7 Å². The molecule has 138 valence electrons. The molecule has 2 aromatic carbocycles. The van der Waals surface area contributed by atoms with Crippen LogP contribution in [0.5, 0.6) is 0 Å². The summed E-state index contributed by atoms with van der Waals surface area (Å²) in [6, 6.07) is 17.8. The van der Waals surface area contributed by atoms with Gasteiger partial charge in [0.2, 0.25) is 0 Å². The van der Waals surface area contributed by atoms with Crippen LogP contribution >= 0.6 is 0 Å². The van der Waals surface area contributed by atoms with E-state index in [-0.39, 0.29) is 12.5 Å². The van der Waals surface area contributed by atoms with Gasteiger partial charge in [0, 0.05) is 12.5 Å². The van der Waals surface area contributed by atoms with Crippen molar-refractivity contribution in [3.63, 3.8) is 0 Å². The number of carbonyl (C=O) groups excluding carboxylic acids is 2. The van der Waals surface area contributed by atoms with Gasteiger partial charge in [0.15, 0.2) is 0 Å². The molecule has 27 heavy (non-hydrogen) atoms. The van der Waals surface area contributed by atoms with E-state index in [2.05, 4.69) is 6.07 Å². The number of nitrogens with zero attached hydrogens (tertiary/aromatic N) is 2. The molecule has 0 unspecified atom stereocenters. The number of esters is 1. The quantitative estimate of drug-likeness (QED) is 0.778. The number of ether oxygens (including phenoxy) is 2. The lowest BCUT2D eigenvalue weighted by molar-refractivity contribution is -0.145. The van der Waals surface area contributed by atoms with Gasteiger partial charge in [0.25, 0.3) is 0 Å². The highest BCUT2D eigenvalue weighted by Crippen LogP contribution is 2.35. The Balaban J connectivity index is 1.77. The van der Waals surface area contributed by atoms with Crippen LogP contribution in [0.2, 0.25) is 0 Å². The first kappa shape index (κ1) is 18.5. The van der Waals surface area contributed by atoms with Crippen molar-refractivity contribution in [3.8, 4) is 6.07 Å². The summed E-state index contributed by atoms with van der Waals surface area (Å²) in [5.41, 5.74) is 2.22. The molecule has 0 spiro atoms. The maximum atomic E-state index is 12.6. The van der Waals surface area contributed by atoms with Gasteiger partial charge in [-0.15, -0.1) is 0 Å². The molecule has 1 heterocycles. The molecule has 0 radical (unpaired) electrons. The summed E-state index contributed by atoms with van der Waals surface area (Å²) >= 11 is 0. The lowest BCUT2D eigenvalue weighted by atomic mass is 9.91. The van der Waals surface area contributed by atoms with Gasteiger partial charge in [-0.1, -0.05) is 42.5 Å². The summed E-state index contributed by atoms with van der Waals surface area (Å²) < 4.78 is 10.3. The van der Waals surface area contributed by atoms with Gasteiger partial charge < -0.3 is 9.47 Å². The minimum atomic E-state index is -0.771. The number of carbonyl (C=O) groups is 2. The van der Waals surface area contributed by atoms with E-state index in [0.717, 1.165) is 11.1 Å². The van der Waals surface area contributed by atoms with Gasteiger partial charge in [-0.05, 0) is 29.7 Å². The van der Waals surface area contributed by atoms with Gasteiger partial charge >= 0.3 is 12.1 Å². The predicted octanol–water partition coefficient (Wildman–Crippen LogP) is 3.23. The Labute approximate surface area is 157 Å². The second-order valence-electron chi connectivity index (χ2n) is 6.33. The molecule has 0 aromatic heterocycles. The molecule has 1 fully saturated rings. The van der Waals surface area contributed by atoms with Crippen LogP contribution in [0.3, 0.4) is 0 Å². The highest BCUT2D eigenvalue weighted by Gasteiger charge is 2.44. The second-order valence-corrected chi connectivity index (χ2v) is 6.33. The fourth-order valence-electron chi connectivity index (χ4n) is 3.40. The highest BCUT2D eigenvalue weighted by molar-refractivity contribution is 5.83. The third-order valence-corrected chi connectivity index (χ3v) is 4.72. The van der Waals surface area contributed by atoms with Crippen LogP contribution in [0.15, 0.2) is 54.6 Å². The van der Waals surface area contributed by atoms with Crippen molar-refractivity contribution in [1.29, 1.82) is 5.26 Å². The molecule has 0 bridgehead atoms. The predicted molar refractivity (Wildman–Crippen MR) is 97.7 cm³/mol. The van der Waals surface area contributed by atoms with E-state index in [9.17, 15) is 9.59 Å². The summed E-state index contributed by atoms with van der Waals surface area (Å²) in [4.78, 5) is 26.4. The zero-order valence-electron chi connectivity index (χ0n) is 15.0. The van der Waals surface area contributed by atoms with Crippen LogP contribution in [-0.2, 0) is 20.9 Å². The van der Waals surface area contributed by atoms with E-state index in [0.29, 0.717) is 18.5 Å². The highest BCUT2D eigenvalue weighted by atomic mass is 16.6. The van der Waals surface area contributed by atoms with Crippen LogP contribution in [0.4, 0.5) is 4.79 Å². The number of amides is 1. The van der Waals surface area contributed by atoms with Gasteiger partial charge in [-0.25, -0.2) is 9.59 Å². The third kappa shape index (κ3) is 4.09. The maximum Gasteiger partial charge on any atom is 0.410 e. The van der Waals surface area contributed by atoms with E-state index >= 15 is 0 Å². The molecule has 1 saturated heterocycles. The Morgan fingerprint density at radius 1 is 1.19 bits per heavy atom. The number of hydrogen-bond acceptors (Lipinski definition) is 5. The Morgan fingerprint density at radius 3 is 2.67 bits per heavy atom. The topological polar surface area (TPSA) is 79.6 Å². The minimum absolute atomic E-state index is 0.138. The fourth-order valence-corrected chi connectivity index (χ4v) is 3.40. The van der Waals surface area contributed by atoms with E-state index in [1.807, 2.05) is 36.4 Å². The third-order valence-electron chi connectivity index (χ3n) is 4.72. The summed E-state index contributed by atoms with van der Waals surface area (Å²) in [7, 11) is 1.30. The van der Waals surface area contributed by atoms with Crippen LogP contribution in [0, 0.1) is 11.3 Å². The second kappa shape index (κ2) is 8.37. The smallest absolute Gasteiger partial charge is 0.410 e. The van der Waals surface area contributed by atoms with Crippen molar-refractivity contribution in [2.24, 2.45) is 0 Å². The monoisotopic (exact) mass is 364 g/mol. The molecule has 0 aliphatic carbocycles. The molecule has 0 N–H and O–H groups in total. The summed E-state index contributed by atoms with van der Waals surface area (Å²) in [6.45, 7) is 0.521. The van der Waals surface area contributed by atoms with Crippen LogP contribution in [0.25, 0.3) is 0 Å². The SMILES string of the molecule is COC(=O)[C@H]1[C@H](c2cccc(C#N)c2)CCN1C(=O)OCc1ccccc1. The summed E-state index contributed by atoms with van der Waals surface area (Å²) in [5.74, 6) is -0.730. The zero-order chi connectivity index (χ0) is 19.2. The van der Waals surface area contributed by atoms with Crippen molar-refractivity contribution < 1.29 is 19.1 Å². The van der Waals surface area contributed by atoms with Crippen molar-refractivity contribution in [1.82, 2.24) is 4.90 Å². The van der Waals surface area contributed by atoms with Gasteiger partial charge in [-0.3, -0.25) is 4.90 Å². The number of nitriles is 1. The number of methoxy groups -OCH3 is 1. The van der Waals surface area contributed by atoms with Crippen molar-refractivity contribution in [3.05, 3.63) is 71.3 Å². The van der Waals surface area contributed by atoms with Gasteiger partial charge in [0.05, 0.1) is 18.7 Å². The average Bonchev–Trinajstić information content (AvgIpc) is 3.17. The van der Waals surface area contributed by atoms with E-state index < -0.39 is 18.1 Å². The first-order valence-corrected chi connectivity index (χ1v) is 8.69. The number of rotatable bonds is 4. The molecule has 1 amide bonds. The molecule has 2 aromatic rings. The molecule has 3 rings (SSSR count). The van der Waals surface area contributed by atoms with Gasteiger partial charge in [-0.2, -0.15) is 5.26 Å². The first-order chi connectivity index (χ1) is 13.1. The Hall–Kier alpha value is -3.33. The summed E-state index contributed by atoms with van der Waals surface area (Å²) in [6.07, 6.45) is 0.0444. The molecule has 0 saturated carbocycles. The van der Waals surface area contributed by atoms with Crippen LogP contribution in [-0.4, -0.2) is 36.7 Å². The van der Waals surface area contributed by atoms with Crippen molar-refractivity contribution in [2.45, 2.75) is 25.0 Å². The molecule has 2 atom stereocenters. The molecule has 1 aliphatic heterocycles. The molecule has 6 heteroatoms. The lowest BCUT2D eigenvalue weighted by Crippen LogP contribution is -2.43. The zero-order valence-corrected chi connectivity index (χ0v) is 15.0. The number of benzene rings is 2. The van der Waals surface area contributed by atoms with Gasteiger partial charge in [0.1, 0.15) is 12.6 Å². The van der Waals surface area contributed by atoms with E-state index in [1.54, 1.807) is 18.2 Å². The van der Waals surface area contributed by atoms with Crippen molar-refractivity contribution in [2.75, 3.05) is 13.7 Å². The van der Waals surface area contributed by atoms with E-state index in [1.165, 1.54) is 12.0 Å². The standard InChI is InChI=1S/C21H20N2O4/c1-26-20(24)19-18(17-9-5-8-16(12-17)13-22)10-11-23(19)21(25)27-14-15-6-3-2-4-7-15/h2-9,12,18-19H,10-11,14H2,1H3/t18-,19+/m0/s1. The molecular weight excluding hydrogens is 344 g/mol. The Morgan fingerprint density at radius 2 is 1.96 bits per heavy atom. The Kier molecular flexibility index (Phi) is 5.72. The molecular formula is C21H20N2O4. The summed E-state index contributed by atoms with van der Waals surface area (Å²) in [5, 5.41) is 9.12.